The first-order valence-electron chi connectivity index (χ1n) is 10.6. The molecule has 0 aliphatic heterocycles. The van der Waals surface area contributed by atoms with Crippen molar-refractivity contribution in [2.45, 2.75) is 57.9 Å². The zero-order valence-electron chi connectivity index (χ0n) is 16.6. The van der Waals surface area contributed by atoms with Gasteiger partial charge in [-0.3, -0.25) is 0 Å². The Morgan fingerprint density at radius 2 is 2.00 bits per heavy atom. The Bertz CT molecular complexity index is 740. The van der Waals surface area contributed by atoms with Crippen LogP contribution in [0.15, 0.2) is 48.6 Å². The van der Waals surface area contributed by atoms with E-state index >= 15 is 0 Å². The number of hydrogen-bond donors (Lipinski definition) is 3. The van der Waals surface area contributed by atoms with Crippen LogP contribution in [0.4, 0.5) is 5.69 Å². The average molecular weight is 367 g/mol. The van der Waals surface area contributed by atoms with Crippen LogP contribution in [0.5, 0.6) is 5.75 Å². The van der Waals surface area contributed by atoms with E-state index in [1.54, 1.807) is 6.07 Å². The van der Waals surface area contributed by atoms with Crippen molar-refractivity contribution in [3.05, 3.63) is 48.6 Å². The molecule has 2 aromatic rings. The number of hydrogen-bond acceptors (Lipinski definition) is 3. The summed E-state index contributed by atoms with van der Waals surface area (Å²) in [5.74, 6) is 1.10. The summed E-state index contributed by atoms with van der Waals surface area (Å²) in [6.45, 7) is 4.25. The maximum absolute atomic E-state index is 10.1. The molecule has 2 aromatic carbocycles. The standard InChI is InChI=1S/C24H34N2O/c1-2-3-11-20(25-17-16-19-9-5-4-6-10-19)18-26-23-14-7-13-22-21(23)12-8-15-24(22)27/h5,7-9,12-15,19-20,25-27H,2-4,6,10-11,16-18H2,1H3. The summed E-state index contributed by atoms with van der Waals surface area (Å²) >= 11 is 0. The van der Waals surface area contributed by atoms with Gasteiger partial charge in [0.25, 0.3) is 0 Å². The molecule has 0 saturated heterocycles. The quantitative estimate of drug-likeness (QED) is 0.462. The number of benzene rings is 2. The smallest absolute Gasteiger partial charge is 0.123 e. The largest absolute Gasteiger partial charge is 0.507 e. The van der Waals surface area contributed by atoms with Crippen LogP contribution >= 0.6 is 0 Å². The van der Waals surface area contributed by atoms with Crippen LogP contribution in [-0.4, -0.2) is 24.2 Å². The lowest BCUT2D eigenvalue weighted by molar-refractivity contribution is 0.432. The van der Waals surface area contributed by atoms with Gasteiger partial charge in [-0.15, -0.1) is 0 Å². The lowest BCUT2D eigenvalue weighted by Crippen LogP contribution is -2.36. The molecule has 0 saturated carbocycles. The Balaban J connectivity index is 1.57. The zero-order chi connectivity index (χ0) is 18.9. The number of fused-ring (bicyclic) bond motifs is 1. The topological polar surface area (TPSA) is 44.3 Å². The van der Waals surface area contributed by atoms with E-state index in [9.17, 15) is 5.11 Å². The zero-order valence-corrected chi connectivity index (χ0v) is 16.6. The van der Waals surface area contributed by atoms with Gasteiger partial charge in [0, 0.05) is 29.0 Å². The van der Waals surface area contributed by atoms with E-state index in [1.807, 2.05) is 18.2 Å². The minimum absolute atomic E-state index is 0.345. The van der Waals surface area contributed by atoms with E-state index in [2.05, 4.69) is 41.8 Å². The summed E-state index contributed by atoms with van der Waals surface area (Å²) in [4.78, 5) is 0. The fourth-order valence-electron chi connectivity index (χ4n) is 4.00. The molecule has 0 bridgehead atoms. The number of rotatable bonds is 10. The van der Waals surface area contributed by atoms with E-state index < -0.39 is 0 Å². The SMILES string of the molecule is CCCCC(CNc1cccc2c(O)cccc12)NCCC1C=CCCC1. The molecule has 146 valence electrons. The van der Waals surface area contributed by atoms with Crippen molar-refractivity contribution < 1.29 is 5.11 Å². The summed E-state index contributed by atoms with van der Waals surface area (Å²) in [5, 5.41) is 19.5. The predicted octanol–water partition coefficient (Wildman–Crippen LogP) is 5.85. The van der Waals surface area contributed by atoms with E-state index in [0.29, 0.717) is 11.8 Å². The van der Waals surface area contributed by atoms with Gasteiger partial charge in [0.05, 0.1) is 0 Å². The molecule has 2 unspecified atom stereocenters. The van der Waals surface area contributed by atoms with Crippen molar-refractivity contribution in [3.63, 3.8) is 0 Å². The monoisotopic (exact) mass is 366 g/mol. The Morgan fingerprint density at radius 1 is 1.15 bits per heavy atom. The van der Waals surface area contributed by atoms with Crippen molar-refractivity contribution in [1.29, 1.82) is 0 Å². The van der Waals surface area contributed by atoms with Crippen LogP contribution in [0, 0.1) is 5.92 Å². The first-order chi connectivity index (χ1) is 13.3. The highest BCUT2D eigenvalue weighted by molar-refractivity contribution is 5.97. The molecular weight excluding hydrogens is 332 g/mol. The van der Waals surface area contributed by atoms with Gasteiger partial charge in [-0.25, -0.2) is 0 Å². The number of phenolic OH excluding ortho intramolecular Hbond substituents is 1. The molecule has 3 nitrogen and oxygen atoms in total. The Morgan fingerprint density at radius 3 is 2.81 bits per heavy atom. The summed E-state index contributed by atoms with van der Waals surface area (Å²) in [6.07, 6.45) is 13.6. The molecule has 0 amide bonds. The maximum Gasteiger partial charge on any atom is 0.123 e. The van der Waals surface area contributed by atoms with Crippen LogP contribution < -0.4 is 10.6 Å². The number of aromatic hydroxyl groups is 1. The summed E-state index contributed by atoms with van der Waals surface area (Å²) in [6, 6.07) is 12.3. The van der Waals surface area contributed by atoms with Crippen LogP contribution in [-0.2, 0) is 0 Å². The first-order valence-corrected chi connectivity index (χ1v) is 10.6. The van der Waals surface area contributed by atoms with Crippen molar-refractivity contribution >= 4 is 16.5 Å². The first kappa shape index (κ1) is 19.8. The second kappa shape index (κ2) is 10.4. The number of allylic oxidation sites excluding steroid dienone is 2. The van der Waals surface area contributed by atoms with Gasteiger partial charge >= 0.3 is 0 Å². The lowest BCUT2D eigenvalue weighted by Gasteiger charge is -2.22. The third-order valence-corrected chi connectivity index (χ3v) is 5.65. The lowest BCUT2D eigenvalue weighted by atomic mass is 9.93. The van der Waals surface area contributed by atoms with Gasteiger partial charge in [0.2, 0.25) is 0 Å². The molecule has 0 radical (unpaired) electrons. The number of phenols is 1. The van der Waals surface area contributed by atoms with Crippen molar-refractivity contribution in [3.8, 4) is 5.75 Å². The normalized spacial score (nSPS) is 17.9. The van der Waals surface area contributed by atoms with E-state index in [1.165, 1.54) is 44.9 Å². The molecule has 27 heavy (non-hydrogen) atoms. The molecule has 0 heterocycles. The van der Waals surface area contributed by atoms with Crippen LogP contribution in [0.2, 0.25) is 0 Å². The predicted molar refractivity (Wildman–Crippen MR) is 117 cm³/mol. The second-order valence-corrected chi connectivity index (χ2v) is 7.76. The van der Waals surface area contributed by atoms with Gasteiger partial charge in [0.15, 0.2) is 0 Å². The maximum atomic E-state index is 10.1. The molecule has 0 aromatic heterocycles. The Kier molecular flexibility index (Phi) is 7.58. The number of nitrogens with one attached hydrogen (secondary N) is 2. The molecule has 3 N–H and O–H groups in total. The molecule has 0 fully saturated rings. The van der Waals surface area contributed by atoms with Gasteiger partial charge in [0.1, 0.15) is 5.75 Å². The fraction of sp³-hybridized carbons (Fsp3) is 0.500. The van der Waals surface area contributed by atoms with Crippen molar-refractivity contribution in [2.75, 3.05) is 18.4 Å². The molecule has 2 atom stereocenters. The summed E-state index contributed by atoms with van der Waals surface area (Å²) < 4.78 is 0. The van der Waals surface area contributed by atoms with Gasteiger partial charge in [-0.05, 0) is 56.7 Å². The summed E-state index contributed by atoms with van der Waals surface area (Å²) in [5.41, 5.74) is 1.10. The third kappa shape index (κ3) is 5.74. The fourth-order valence-corrected chi connectivity index (χ4v) is 4.00. The van der Waals surface area contributed by atoms with Gasteiger partial charge < -0.3 is 15.7 Å². The third-order valence-electron chi connectivity index (χ3n) is 5.65. The molecule has 1 aliphatic carbocycles. The highest BCUT2D eigenvalue weighted by atomic mass is 16.3. The Labute approximate surface area is 163 Å². The van der Waals surface area contributed by atoms with Gasteiger partial charge in [-0.2, -0.15) is 0 Å². The minimum Gasteiger partial charge on any atom is -0.507 e. The van der Waals surface area contributed by atoms with E-state index in [0.717, 1.165) is 35.5 Å². The highest BCUT2D eigenvalue weighted by Gasteiger charge is 2.12. The van der Waals surface area contributed by atoms with Crippen molar-refractivity contribution in [1.82, 2.24) is 5.32 Å². The number of unbranched alkanes of at least 4 members (excludes halogenated alkanes) is 1. The minimum atomic E-state index is 0.345. The van der Waals surface area contributed by atoms with Crippen LogP contribution in [0.1, 0.15) is 51.9 Å². The van der Waals surface area contributed by atoms with E-state index in [4.69, 9.17) is 0 Å². The van der Waals surface area contributed by atoms with Crippen LogP contribution in [0.25, 0.3) is 10.8 Å². The van der Waals surface area contributed by atoms with Crippen molar-refractivity contribution in [2.24, 2.45) is 5.92 Å². The van der Waals surface area contributed by atoms with Crippen LogP contribution in [0.3, 0.4) is 0 Å². The highest BCUT2D eigenvalue weighted by Crippen LogP contribution is 2.29. The second-order valence-electron chi connectivity index (χ2n) is 7.76. The van der Waals surface area contributed by atoms with E-state index in [-0.39, 0.29) is 0 Å². The summed E-state index contributed by atoms with van der Waals surface area (Å²) in [7, 11) is 0. The number of anilines is 1. The molecule has 1 aliphatic rings. The molecule has 0 spiro atoms. The molecule has 3 rings (SSSR count). The average Bonchev–Trinajstić information content (AvgIpc) is 2.71. The molecule has 3 heteroatoms. The Hall–Kier alpha value is -2.00. The molecular formula is C24H34N2O. The van der Waals surface area contributed by atoms with Gasteiger partial charge in [-0.1, -0.05) is 56.2 Å².